The van der Waals surface area contributed by atoms with Gasteiger partial charge in [-0.05, 0) is 44.9 Å². The molecule has 2 amide bonds. The van der Waals surface area contributed by atoms with E-state index in [9.17, 15) is 9.59 Å². The topological polar surface area (TPSA) is 71.1 Å². The van der Waals surface area contributed by atoms with E-state index >= 15 is 0 Å². The number of anilines is 1. The summed E-state index contributed by atoms with van der Waals surface area (Å²) in [7, 11) is 0. The molecule has 0 saturated heterocycles. The molecule has 1 saturated carbocycles. The van der Waals surface area contributed by atoms with Gasteiger partial charge in [-0.15, -0.1) is 0 Å². The maximum absolute atomic E-state index is 12.3. The van der Waals surface area contributed by atoms with Crippen LogP contribution in [0.1, 0.15) is 42.2 Å². The van der Waals surface area contributed by atoms with Crippen LogP contribution in [-0.4, -0.2) is 23.3 Å². The number of aryl methyl sites for hydroxylation is 1. The third-order valence-electron chi connectivity index (χ3n) is 4.27. The predicted octanol–water partition coefficient (Wildman–Crippen LogP) is 3.03. The molecule has 0 unspecified atom stereocenters. The molecular formula is C18H21N3O2. The summed E-state index contributed by atoms with van der Waals surface area (Å²) in [6.45, 7) is 4.34. The molecule has 1 heterocycles. The van der Waals surface area contributed by atoms with E-state index in [1.54, 1.807) is 6.07 Å². The van der Waals surface area contributed by atoms with Crippen molar-refractivity contribution in [3.8, 4) is 0 Å². The zero-order valence-electron chi connectivity index (χ0n) is 13.5. The number of nitrogens with one attached hydrogen (secondary N) is 2. The fourth-order valence-electron chi connectivity index (χ4n) is 2.77. The second kappa shape index (κ2) is 6.36. The molecule has 2 aromatic rings. The molecule has 0 aliphatic heterocycles. The van der Waals surface area contributed by atoms with Gasteiger partial charge in [0.2, 0.25) is 5.91 Å². The van der Waals surface area contributed by atoms with Crippen molar-refractivity contribution in [2.45, 2.75) is 33.1 Å². The number of hydrogen-bond acceptors (Lipinski definition) is 3. The smallest absolute Gasteiger partial charge is 0.252 e. The molecule has 5 heteroatoms. The van der Waals surface area contributed by atoms with E-state index < -0.39 is 0 Å². The number of benzene rings is 1. The predicted molar refractivity (Wildman–Crippen MR) is 90.5 cm³/mol. The molecule has 1 fully saturated rings. The fraction of sp³-hybridized carbons (Fsp3) is 0.389. The van der Waals surface area contributed by atoms with E-state index in [-0.39, 0.29) is 17.7 Å². The molecule has 120 valence electrons. The van der Waals surface area contributed by atoms with Gasteiger partial charge in [-0.2, -0.15) is 0 Å². The number of hydrogen-bond donors (Lipinski definition) is 2. The quantitative estimate of drug-likeness (QED) is 0.911. The van der Waals surface area contributed by atoms with Crippen LogP contribution < -0.4 is 10.6 Å². The molecule has 2 N–H and O–H groups in total. The summed E-state index contributed by atoms with van der Waals surface area (Å²) in [5.41, 5.74) is 2.77. The monoisotopic (exact) mass is 311 g/mol. The standard InChI is InChI=1S/C18H21N3O2/c1-3-19-18(23)15-9-13(21-17(22)12-5-4-6-12)10-16-14(15)8-7-11(2)20-16/h7-10,12H,3-6H2,1-2H3,(H,19,23)(H,21,22). The Hall–Kier alpha value is -2.43. The van der Waals surface area contributed by atoms with Gasteiger partial charge in [-0.3, -0.25) is 14.6 Å². The van der Waals surface area contributed by atoms with Crippen molar-refractivity contribution in [1.29, 1.82) is 0 Å². The van der Waals surface area contributed by atoms with Gasteiger partial charge in [0.05, 0.1) is 11.1 Å². The number of nitrogens with zero attached hydrogens (tertiary/aromatic N) is 1. The first kappa shape index (κ1) is 15.5. The van der Waals surface area contributed by atoms with E-state index in [4.69, 9.17) is 0 Å². The van der Waals surface area contributed by atoms with Crippen LogP contribution in [0, 0.1) is 12.8 Å². The fourth-order valence-corrected chi connectivity index (χ4v) is 2.77. The van der Waals surface area contributed by atoms with Crippen molar-refractivity contribution in [2.75, 3.05) is 11.9 Å². The molecule has 1 aliphatic carbocycles. The minimum absolute atomic E-state index is 0.0325. The Balaban J connectivity index is 2.00. The third kappa shape index (κ3) is 3.18. The van der Waals surface area contributed by atoms with Crippen LogP contribution in [0.5, 0.6) is 0 Å². The molecule has 0 spiro atoms. The van der Waals surface area contributed by atoms with Gasteiger partial charge in [-0.1, -0.05) is 12.5 Å². The van der Waals surface area contributed by atoms with Crippen LogP contribution in [0.2, 0.25) is 0 Å². The highest BCUT2D eigenvalue weighted by Crippen LogP contribution is 2.29. The Morgan fingerprint density at radius 2 is 2.04 bits per heavy atom. The van der Waals surface area contributed by atoms with Gasteiger partial charge in [0.15, 0.2) is 0 Å². The number of carbonyl (C=O) groups excluding carboxylic acids is 2. The van der Waals surface area contributed by atoms with Gasteiger partial charge in [0.25, 0.3) is 5.91 Å². The summed E-state index contributed by atoms with van der Waals surface area (Å²) in [4.78, 5) is 29.0. The number of fused-ring (bicyclic) bond motifs is 1. The van der Waals surface area contributed by atoms with Crippen LogP contribution in [0.25, 0.3) is 10.9 Å². The summed E-state index contributed by atoms with van der Waals surface area (Å²) in [5.74, 6) is -0.0166. The van der Waals surface area contributed by atoms with Gasteiger partial charge in [0, 0.05) is 29.2 Å². The molecule has 3 rings (SSSR count). The molecule has 0 bridgehead atoms. The maximum Gasteiger partial charge on any atom is 0.252 e. The number of carbonyl (C=O) groups is 2. The Labute approximate surface area is 135 Å². The number of pyridine rings is 1. The van der Waals surface area contributed by atoms with Crippen molar-refractivity contribution in [1.82, 2.24) is 10.3 Å². The normalized spacial score (nSPS) is 14.3. The highest BCUT2D eigenvalue weighted by atomic mass is 16.2. The summed E-state index contributed by atoms with van der Waals surface area (Å²) < 4.78 is 0. The average molecular weight is 311 g/mol. The molecule has 23 heavy (non-hydrogen) atoms. The van der Waals surface area contributed by atoms with Crippen molar-refractivity contribution in [3.63, 3.8) is 0 Å². The average Bonchev–Trinajstić information content (AvgIpc) is 2.44. The Morgan fingerprint density at radius 1 is 1.26 bits per heavy atom. The first-order valence-electron chi connectivity index (χ1n) is 8.09. The molecule has 5 nitrogen and oxygen atoms in total. The molecular weight excluding hydrogens is 290 g/mol. The minimum atomic E-state index is -0.150. The number of amides is 2. The second-order valence-corrected chi connectivity index (χ2v) is 6.02. The van der Waals surface area contributed by atoms with Crippen LogP contribution in [0.4, 0.5) is 5.69 Å². The minimum Gasteiger partial charge on any atom is -0.352 e. The SMILES string of the molecule is CCNC(=O)c1cc(NC(=O)C2CCC2)cc2nc(C)ccc12. The molecule has 0 atom stereocenters. The van der Waals surface area contributed by atoms with E-state index in [0.29, 0.717) is 17.8 Å². The third-order valence-corrected chi connectivity index (χ3v) is 4.27. The van der Waals surface area contributed by atoms with Gasteiger partial charge < -0.3 is 10.6 Å². The van der Waals surface area contributed by atoms with E-state index in [1.807, 2.05) is 32.0 Å². The molecule has 1 aliphatic rings. The lowest BCUT2D eigenvalue weighted by molar-refractivity contribution is -0.122. The molecule has 1 aromatic heterocycles. The van der Waals surface area contributed by atoms with Gasteiger partial charge >= 0.3 is 0 Å². The van der Waals surface area contributed by atoms with Gasteiger partial charge in [0.1, 0.15) is 0 Å². The van der Waals surface area contributed by atoms with Crippen molar-refractivity contribution in [2.24, 2.45) is 5.92 Å². The van der Waals surface area contributed by atoms with Gasteiger partial charge in [-0.25, -0.2) is 0 Å². The van der Waals surface area contributed by atoms with E-state index in [2.05, 4.69) is 15.6 Å². The highest BCUT2D eigenvalue weighted by molar-refractivity contribution is 6.08. The van der Waals surface area contributed by atoms with Crippen molar-refractivity contribution >= 4 is 28.4 Å². The first-order valence-corrected chi connectivity index (χ1v) is 8.09. The zero-order chi connectivity index (χ0) is 16.4. The lowest BCUT2D eigenvalue weighted by Gasteiger charge is -2.24. The summed E-state index contributed by atoms with van der Waals surface area (Å²) in [6.07, 6.45) is 3.00. The Morgan fingerprint density at radius 3 is 2.70 bits per heavy atom. The van der Waals surface area contributed by atoms with E-state index in [1.165, 1.54) is 0 Å². The maximum atomic E-state index is 12.3. The second-order valence-electron chi connectivity index (χ2n) is 6.02. The van der Waals surface area contributed by atoms with Crippen LogP contribution in [0.15, 0.2) is 24.3 Å². The first-order chi connectivity index (χ1) is 11.1. The van der Waals surface area contributed by atoms with Crippen LogP contribution in [-0.2, 0) is 4.79 Å². The summed E-state index contributed by atoms with van der Waals surface area (Å²) >= 11 is 0. The van der Waals surface area contributed by atoms with Crippen LogP contribution >= 0.6 is 0 Å². The largest absolute Gasteiger partial charge is 0.352 e. The van der Waals surface area contributed by atoms with Crippen molar-refractivity contribution in [3.05, 3.63) is 35.5 Å². The molecule has 0 radical (unpaired) electrons. The summed E-state index contributed by atoms with van der Waals surface area (Å²) in [6, 6.07) is 7.36. The zero-order valence-corrected chi connectivity index (χ0v) is 13.5. The summed E-state index contributed by atoms with van der Waals surface area (Å²) in [5, 5.41) is 6.54. The Bertz CT molecular complexity index is 766. The number of rotatable bonds is 4. The lowest BCUT2D eigenvalue weighted by Crippen LogP contribution is -2.28. The Kier molecular flexibility index (Phi) is 4.28. The number of aromatic nitrogens is 1. The lowest BCUT2D eigenvalue weighted by atomic mass is 9.85. The van der Waals surface area contributed by atoms with Crippen molar-refractivity contribution < 1.29 is 9.59 Å². The molecule has 1 aromatic carbocycles. The van der Waals surface area contributed by atoms with E-state index in [0.717, 1.165) is 35.9 Å². The van der Waals surface area contributed by atoms with Crippen LogP contribution in [0.3, 0.4) is 0 Å². The highest BCUT2D eigenvalue weighted by Gasteiger charge is 2.25.